The summed E-state index contributed by atoms with van der Waals surface area (Å²) < 4.78 is 11.1. The van der Waals surface area contributed by atoms with Crippen LogP contribution in [0.25, 0.3) is 0 Å². The predicted octanol–water partition coefficient (Wildman–Crippen LogP) is 3.64. The minimum Gasteiger partial charge on any atom is -0.492 e. The third kappa shape index (κ3) is 10.8. The van der Waals surface area contributed by atoms with Crippen molar-refractivity contribution in [1.29, 1.82) is 0 Å². The number of carbonyl (C=O) groups excluding carboxylic acids is 2. The Labute approximate surface area is 220 Å². The molecule has 1 atom stereocenters. The van der Waals surface area contributed by atoms with Gasteiger partial charge < -0.3 is 20.1 Å². The molecule has 1 aliphatic rings. The molecular formula is C29H38N4O4. The number of nitrogens with one attached hydrogen (secondary N) is 3. The molecule has 198 valence electrons. The Hall–Kier alpha value is -3.70. The van der Waals surface area contributed by atoms with E-state index in [1.54, 1.807) is 0 Å². The van der Waals surface area contributed by atoms with Gasteiger partial charge in [-0.05, 0) is 55.8 Å². The Morgan fingerprint density at radius 1 is 0.973 bits per heavy atom. The van der Waals surface area contributed by atoms with Gasteiger partial charge in [-0.3, -0.25) is 15.0 Å². The minimum absolute atomic E-state index is 0.0614. The number of amides is 2. The van der Waals surface area contributed by atoms with Crippen LogP contribution in [0, 0.1) is 17.8 Å². The summed E-state index contributed by atoms with van der Waals surface area (Å²) in [5.41, 5.74) is 1.79. The van der Waals surface area contributed by atoms with E-state index in [1.165, 1.54) is 25.9 Å². The minimum atomic E-state index is -0.998. The monoisotopic (exact) mass is 506 g/mol. The maximum absolute atomic E-state index is 12.7. The Morgan fingerprint density at radius 3 is 2.41 bits per heavy atom. The van der Waals surface area contributed by atoms with Gasteiger partial charge in [0.2, 0.25) is 0 Å². The average molecular weight is 507 g/mol. The van der Waals surface area contributed by atoms with Crippen molar-refractivity contribution in [3.05, 3.63) is 60.2 Å². The van der Waals surface area contributed by atoms with Gasteiger partial charge in [0.05, 0.1) is 0 Å². The van der Waals surface area contributed by atoms with E-state index in [4.69, 9.17) is 9.47 Å². The smallest absolute Gasteiger partial charge is 0.408 e. The molecule has 0 bridgehead atoms. The summed E-state index contributed by atoms with van der Waals surface area (Å²) in [5, 5.41) is 8.65. The van der Waals surface area contributed by atoms with Crippen molar-refractivity contribution in [2.24, 2.45) is 5.92 Å². The van der Waals surface area contributed by atoms with E-state index < -0.39 is 12.1 Å². The molecule has 0 saturated carbocycles. The lowest BCUT2D eigenvalue weighted by atomic mass is 10.2. The maximum atomic E-state index is 12.7. The summed E-state index contributed by atoms with van der Waals surface area (Å²) >= 11 is 0. The van der Waals surface area contributed by atoms with Crippen molar-refractivity contribution in [2.45, 2.75) is 39.3 Å². The lowest BCUT2D eigenvalue weighted by molar-refractivity contribution is -0.121. The highest BCUT2D eigenvalue weighted by atomic mass is 16.5. The zero-order valence-corrected chi connectivity index (χ0v) is 21.8. The highest BCUT2D eigenvalue weighted by Gasteiger charge is 2.19. The second kappa shape index (κ2) is 15.4. The summed E-state index contributed by atoms with van der Waals surface area (Å²) in [6, 6.07) is 16.1. The van der Waals surface area contributed by atoms with Gasteiger partial charge in [-0.25, -0.2) is 4.79 Å². The SMILES string of the molecule is CC(C)C#C[C@H](NC(=O)OCc1ccccc1)C(=O)NCCNc1ccc(OCCN2CCCC2)cc1. The van der Waals surface area contributed by atoms with Crippen LogP contribution in [0.2, 0.25) is 0 Å². The fourth-order valence-electron chi connectivity index (χ4n) is 3.76. The lowest BCUT2D eigenvalue weighted by Crippen LogP contribution is -2.47. The molecule has 37 heavy (non-hydrogen) atoms. The van der Waals surface area contributed by atoms with Gasteiger partial charge in [0.15, 0.2) is 6.04 Å². The molecule has 8 nitrogen and oxygen atoms in total. The van der Waals surface area contributed by atoms with Gasteiger partial charge >= 0.3 is 6.09 Å². The highest BCUT2D eigenvalue weighted by Crippen LogP contribution is 2.16. The number of ether oxygens (including phenoxy) is 2. The number of anilines is 1. The van der Waals surface area contributed by atoms with Crippen molar-refractivity contribution in [2.75, 3.05) is 44.6 Å². The number of benzene rings is 2. The van der Waals surface area contributed by atoms with Crippen LogP contribution in [-0.2, 0) is 16.1 Å². The molecule has 3 rings (SSSR count). The zero-order valence-electron chi connectivity index (χ0n) is 21.8. The van der Waals surface area contributed by atoms with E-state index in [-0.39, 0.29) is 18.4 Å². The van der Waals surface area contributed by atoms with Crippen LogP contribution in [-0.4, -0.2) is 62.3 Å². The van der Waals surface area contributed by atoms with Crippen molar-refractivity contribution < 1.29 is 19.1 Å². The highest BCUT2D eigenvalue weighted by molar-refractivity contribution is 5.88. The molecule has 0 spiro atoms. The van der Waals surface area contributed by atoms with Gasteiger partial charge in [-0.15, -0.1) is 0 Å². The summed E-state index contributed by atoms with van der Waals surface area (Å²) in [6.07, 6.45) is 1.87. The topological polar surface area (TPSA) is 91.9 Å². The molecular weight excluding hydrogens is 468 g/mol. The second-order valence-electron chi connectivity index (χ2n) is 9.22. The van der Waals surface area contributed by atoms with Crippen molar-refractivity contribution in [3.63, 3.8) is 0 Å². The number of hydrogen-bond acceptors (Lipinski definition) is 6. The van der Waals surface area contributed by atoms with Gasteiger partial charge in [0, 0.05) is 31.2 Å². The molecule has 0 aliphatic carbocycles. The number of rotatable bonds is 12. The first-order valence-electron chi connectivity index (χ1n) is 12.9. The number of hydrogen-bond donors (Lipinski definition) is 3. The third-order valence-corrected chi connectivity index (χ3v) is 5.74. The summed E-state index contributed by atoms with van der Waals surface area (Å²) in [7, 11) is 0. The molecule has 1 heterocycles. The van der Waals surface area contributed by atoms with Crippen LogP contribution in [0.1, 0.15) is 32.3 Å². The van der Waals surface area contributed by atoms with Crippen molar-refractivity contribution >= 4 is 17.7 Å². The van der Waals surface area contributed by atoms with E-state index >= 15 is 0 Å². The normalized spacial score (nSPS) is 13.8. The van der Waals surface area contributed by atoms with E-state index in [9.17, 15) is 9.59 Å². The van der Waals surface area contributed by atoms with Crippen LogP contribution in [0.5, 0.6) is 5.75 Å². The first-order chi connectivity index (χ1) is 18.0. The Bertz CT molecular complexity index is 1030. The molecule has 1 fully saturated rings. The van der Waals surface area contributed by atoms with Crippen LogP contribution in [0.3, 0.4) is 0 Å². The Kier molecular flexibility index (Phi) is 11.6. The van der Waals surface area contributed by atoms with E-state index in [0.717, 1.165) is 23.5 Å². The molecule has 2 aromatic rings. The van der Waals surface area contributed by atoms with Crippen LogP contribution < -0.4 is 20.7 Å². The van der Waals surface area contributed by atoms with Crippen LogP contribution in [0.4, 0.5) is 10.5 Å². The van der Waals surface area contributed by atoms with E-state index in [0.29, 0.717) is 19.7 Å². The molecule has 0 aromatic heterocycles. The number of likely N-dealkylation sites (tertiary alicyclic amines) is 1. The van der Waals surface area contributed by atoms with Gasteiger partial charge in [0.1, 0.15) is 19.0 Å². The molecule has 1 aliphatic heterocycles. The molecule has 1 saturated heterocycles. The first kappa shape index (κ1) is 27.9. The predicted molar refractivity (Wildman–Crippen MR) is 145 cm³/mol. The number of carbonyl (C=O) groups is 2. The maximum Gasteiger partial charge on any atom is 0.408 e. The fraction of sp³-hybridized carbons (Fsp3) is 0.448. The largest absolute Gasteiger partial charge is 0.492 e. The quantitative estimate of drug-likeness (QED) is 0.301. The number of nitrogens with zero attached hydrogens (tertiary/aromatic N) is 1. The van der Waals surface area contributed by atoms with Gasteiger partial charge in [-0.1, -0.05) is 56.0 Å². The standard InChI is InChI=1S/C29H38N4O4/c1-23(2)10-15-27(32-29(35)37-22-24-8-4-3-5-9-24)28(34)31-17-16-30-25-11-13-26(14-12-25)36-21-20-33-18-6-7-19-33/h3-5,8-9,11-14,23,27,30H,6-7,16-22H2,1-2H3,(H,31,34)(H,32,35)/t27-/m0/s1. The van der Waals surface area contributed by atoms with Crippen LogP contribution in [0.15, 0.2) is 54.6 Å². The molecule has 2 aromatic carbocycles. The summed E-state index contributed by atoms with van der Waals surface area (Å²) in [5.74, 6) is 6.30. The lowest BCUT2D eigenvalue weighted by Gasteiger charge is -2.15. The third-order valence-electron chi connectivity index (χ3n) is 5.74. The molecule has 0 radical (unpaired) electrons. The van der Waals surface area contributed by atoms with E-state index in [1.807, 2.05) is 68.4 Å². The number of alkyl carbamates (subject to hydrolysis) is 1. The Morgan fingerprint density at radius 2 is 1.70 bits per heavy atom. The van der Waals surface area contributed by atoms with Crippen LogP contribution >= 0.6 is 0 Å². The van der Waals surface area contributed by atoms with Crippen molar-refractivity contribution in [1.82, 2.24) is 15.5 Å². The molecule has 2 amide bonds. The average Bonchev–Trinajstić information content (AvgIpc) is 3.42. The molecule has 8 heteroatoms. The zero-order chi connectivity index (χ0) is 26.3. The molecule has 3 N–H and O–H groups in total. The Balaban J connectivity index is 1.38. The molecule has 0 unspecified atom stereocenters. The van der Waals surface area contributed by atoms with Gasteiger partial charge in [0.25, 0.3) is 5.91 Å². The first-order valence-corrected chi connectivity index (χ1v) is 12.9. The van der Waals surface area contributed by atoms with E-state index in [2.05, 4.69) is 32.7 Å². The fourth-order valence-corrected chi connectivity index (χ4v) is 3.76. The van der Waals surface area contributed by atoms with Crippen molar-refractivity contribution in [3.8, 4) is 17.6 Å². The second-order valence-corrected chi connectivity index (χ2v) is 9.22. The van der Waals surface area contributed by atoms with Gasteiger partial charge in [-0.2, -0.15) is 0 Å². The summed E-state index contributed by atoms with van der Waals surface area (Å²) in [4.78, 5) is 27.4. The summed E-state index contributed by atoms with van der Waals surface area (Å²) in [6.45, 7) is 8.83.